The zero-order valence-corrected chi connectivity index (χ0v) is 17.0. The molecule has 1 aliphatic heterocycles. The topological polar surface area (TPSA) is 50.4 Å². The summed E-state index contributed by atoms with van der Waals surface area (Å²) < 4.78 is 5.26. The molecule has 150 valence electrons. The summed E-state index contributed by atoms with van der Waals surface area (Å²) in [4.78, 5) is 8.00. The Morgan fingerprint density at radius 2 is 1.70 bits per heavy atom. The Balaban J connectivity index is 0.000000151. The van der Waals surface area contributed by atoms with Crippen LogP contribution in [0.3, 0.4) is 0 Å². The third-order valence-electron chi connectivity index (χ3n) is 6.94. The van der Waals surface area contributed by atoms with Crippen LogP contribution in [0, 0.1) is 30.6 Å². The minimum Gasteiger partial charge on any atom is -0.496 e. The van der Waals surface area contributed by atoms with Crippen LogP contribution in [-0.4, -0.2) is 33.7 Å². The zero-order chi connectivity index (χ0) is 19.2. The van der Waals surface area contributed by atoms with Crippen LogP contribution < -0.4 is 15.4 Å². The van der Waals surface area contributed by atoms with Gasteiger partial charge in [0, 0.05) is 25.7 Å². The lowest BCUT2D eigenvalue weighted by molar-refractivity contribution is -0.0979. The maximum Gasteiger partial charge on any atom is 0.121 e. The molecule has 3 atom stereocenters. The molecule has 1 heterocycles. The van der Waals surface area contributed by atoms with E-state index < -0.39 is 0 Å². The maximum atomic E-state index is 8.00. The fourth-order valence-corrected chi connectivity index (χ4v) is 5.44. The maximum absolute atomic E-state index is 8.00. The number of ether oxygens (including phenoxy) is 1. The lowest BCUT2D eigenvalue weighted by Crippen LogP contribution is -2.42. The number of benzene rings is 1. The highest BCUT2D eigenvalue weighted by Gasteiger charge is 2.45. The van der Waals surface area contributed by atoms with Gasteiger partial charge in [-0.1, -0.05) is 18.6 Å². The van der Waals surface area contributed by atoms with Crippen molar-refractivity contribution in [3.63, 3.8) is 0 Å². The van der Waals surface area contributed by atoms with Crippen molar-refractivity contribution in [1.29, 1.82) is 0 Å². The van der Waals surface area contributed by atoms with E-state index in [1.54, 1.807) is 45.6 Å². The second-order valence-electron chi connectivity index (χ2n) is 8.69. The van der Waals surface area contributed by atoms with E-state index in [1.807, 2.05) is 6.79 Å². The third-order valence-corrected chi connectivity index (χ3v) is 6.94. The number of nitrogens with one attached hydrogen (secondary N) is 2. The molecule has 3 aliphatic carbocycles. The van der Waals surface area contributed by atoms with E-state index in [9.17, 15) is 0 Å². The summed E-state index contributed by atoms with van der Waals surface area (Å²) >= 11 is 0. The summed E-state index contributed by atoms with van der Waals surface area (Å²) in [5, 5.41) is 6.68. The van der Waals surface area contributed by atoms with Gasteiger partial charge < -0.3 is 20.2 Å². The fourth-order valence-electron chi connectivity index (χ4n) is 5.44. The Morgan fingerprint density at radius 1 is 1.00 bits per heavy atom. The van der Waals surface area contributed by atoms with Gasteiger partial charge in [-0.3, -0.25) is 0 Å². The number of methoxy groups -OCH3 is 1. The Kier molecular flexibility index (Phi) is 7.31. The van der Waals surface area contributed by atoms with Gasteiger partial charge in [-0.25, -0.2) is 0 Å². The fraction of sp³-hybridized carbons (Fsp3) is 0.696. The van der Waals surface area contributed by atoms with Crippen molar-refractivity contribution < 1.29 is 9.53 Å². The highest BCUT2D eigenvalue weighted by molar-refractivity contribution is 5.37. The Hall–Kier alpha value is -1.39. The molecule has 0 radical (unpaired) electrons. The van der Waals surface area contributed by atoms with Gasteiger partial charge in [0.1, 0.15) is 12.5 Å². The molecule has 0 spiro atoms. The van der Waals surface area contributed by atoms with Gasteiger partial charge in [-0.2, -0.15) is 0 Å². The van der Waals surface area contributed by atoms with Crippen LogP contribution in [0.25, 0.3) is 0 Å². The van der Waals surface area contributed by atoms with E-state index in [1.165, 1.54) is 34.8 Å². The quantitative estimate of drug-likeness (QED) is 0.845. The van der Waals surface area contributed by atoms with E-state index in [4.69, 9.17) is 9.53 Å². The summed E-state index contributed by atoms with van der Waals surface area (Å²) in [6, 6.07) is 6.43. The number of fused-ring (bicyclic) bond motifs is 2. The molecule has 0 amide bonds. The molecule has 2 bridgehead atoms. The Bertz CT molecular complexity index is 596. The monoisotopic (exact) mass is 372 g/mol. The summed E-state index contributed by atoms with van der Waals surface area (Å²) in [7, 11) is 1.71. The smallest absolute Gasteiger partial charge is 0.121 e. The van der Waals surface area contributed by atoms with Crippen molar-refractivity contribution in [3.8, 4) is 5.75 Å². The molecule has 0 aromatic heterocycles. The summed E-state index contributed by atoms with van der Waals surface area (Å²) in [5.74, 6) is 6.32. The highest BCUT2D eigenvalue weighted by atomic mass is 16.5. The van der Waals surface area contributed by atoms with Gasteiger partial charge in [0.25, 0.3) is 0 Å². The van der Waals surface area contributed by atoms with E-state index in [2.05, 4.69) is 35.8 Å². The molecule has 4 nitrogen and oxygen atoms in total. The number of carbonyl (C=O) groups excluding carboxylic acids is 1. The molecular weight excluding hydrogens is 336 g/mol. The van der Waals surface area contributed by atoms with Gasteiger partial charge in [0.15, 0.2) is 0 Å². The van der Waals surface area contributed by atoms with Crippen molar-refractivity contribution in [3.05, 3.63) is 29.3 Å². The van der Waals surface area contributed by atoms with Crippen molar-refractivity contribution >= 4 is 6.79 Å². The molecule has 2 N–H and O–H groups in total. The largest absolute Gasteiger partial charge is 0.496 e. The van der Waals surface area contributed by atoms with Crippen LogP contribution in [0.5, 0.6) is 5.75 Å². The predicted molar refractivity (Wildman–Crippen MR) is 110 cm³/mol. The molecule has 1 saturated heterocycles. The highest BCUT2D eigenvalue weighted by Crippen LogP contribution is 2.56. The summed E-state index contributed by atoms with van der Waals surface area (Å²) in [6.07, 6.45) is 9.55. The lowest BCUT2D eigenvalue weighted by atomic mass is 9.85. The van der Waals surface area contributed by atoms with Crippen LogP contribution in [0.2, 0.25) is 0 Å². The van der Waals surface area contributed by atoms with Gasteiger partial charge in [0.2, 0.25) is 0 Å². The van der Waals surface area contributed by atoms with Gasteiger partial charge in [-0.15, -0.1) is 0 Å². The van der Waals surface area contributed by atoms with Crippen LogP contribution in [0.15, 0.2) is 18.2 Å². The molecule has 27 heavy (non-hydrogen) atoms. The molecule has 4 fully saturated rings. The average molecular weight is 373 g/mol. The van der Waals surface area contributed by atoms with E-state index >= 15 is 0 Å². The van der Waals surface area contributed by atoms with E-state index in [0.29, 0.717) is 5.92 Å². The normalized spacial score (nSPS) is 29.3. The Morgan fingerprint density at radius 3 is 2.22 bits per heavy atom. The first-order valence-electron chi connectivity index (χ1n) is 10.6. The first-order valence-corrected chi connectivity index (χ1v) is 10.6. The first-order chi connectivity index (χ1) is 13.2. The van der Waals surface area contributed by atoms with Gasteiger partial charge in [-0.05, 0) is 79.9 Å². The molecule has 1 aromatic carbocycles. The SMILES string of the molecule is C1CC2CC1CC2C1CC1.C=O.COc1ccc(C2CNCNC2)cc1C. The van der Waals surface area contributed by atoms with Gasteiger partial charge in [0.05, 0.1) is 7.11 Å². The molecule has 4 aliphatic rings. The summed E-state index contributed by atoms with van der Waals surface area (Å²) in [6.45, 7) is 7.12. The van der Waals surface area contributed by atoms with Crippen LogP contribution in [-0.2, 0) is 4.79 Å². The van der Waals surface area contributed by atoms with Crippen molar-refractivity contribution in [2.75, 3.05) is 26.9 Å². The lowest BCUT2D eigenvalue weighted by Gasteiger charge is -2.24. The Labute approximate surface area is 164 Å². The number of carbonyl (C=O) groups is 1. The second kappa shape index (κ2) is 9.70. The molecule has 3 unspecified atom stereocenters. The van der Waals surface area contributed by atoms with Crippen LogP contribution >= 0.6 is 0 Å². The van der Waals surface area contributed by atoms with E-state index in [0.717, 1.165) is 25.5 Å². The molecule has 5 rings (SSSR count). The molecule has 4 heteroatoms. The summed E-state index contributed by atoms with van der Waals surface area (Å²) in [5.41, 5.74) is 2.59. The number of rotatable bonds is 3. The number of hydrogen-bond donors (Lipinski definition) is 2. The number of hydrogen-bond acceptors (Lipinski definition) is 4. The van der Waals surface area contributed by atoms with Crippen molar-refractivity contribution in [1.82, 2.24) is 10.6 Å². The van der Waals surface area contributed by atoms with Crippen molar-refractivity contribution in [2.45, 2.75) is 51.4 Å². The van der Waals surface area contributed by atoms with E-state index in [-0.39, 0.29) is 0 Å². The third kappa shape index (κ3) is 5.11. The second-order valence-corrected chi connectivity index (χ2v) is 8.69. The van der Waals surface area contributed by atoms with Crippen LogP contribution in [0.4, 0.5) is 0 Å². The molecular formula is C23H36N2O2. The number of aryl methyl sites for hydroxylation is 1. The standard InChI is InChI=1S/C12H18N2O.C10H16.CH2O/c1-9-5-10(3-4-12(9)15-2)11-6-13-8-14-7-11;1-2-9-5-7(1)6-10(9)8-3-4-8;1-2/h3-5,11,13-14H,6-8H2,1-2H3;7-10H,1-6H2;1H2. The molecule has 1 aromatic rings. The van der Waals surface area contributed by atoms with Gasteiger partial charge >= 0.3 is 0 Å². The predicted octanol–water partition coefficient (Wildman–Crippen LogP) is 3.89. The first kappa shape index (κ1) is 20.3. The average Bonchev–Trinajstić information content (AvgIpc) is 3.36. The molecule has 3 saturated carbocycles. The minimum atomic E-state index is 0.573. The zero-order valence-electron chi connectivity index (χ0n) is 17.0. The van der Waals surface area contributed by atoms with Crippen LogP contribution in [0.1, 0.15) is 55.6 Å². The minimum absolute atomic E-state index is 0.573. The van der Waals surface area contributed by atoms with Crippen molar-refractivity contribution in [2.24, 2.45) is 23.7 Å².